The van der Waals surface area contributed by atoms with E-state index in [1.54, 1.807) is 13.8 Å². The Kier molecular flexibility index (Phi) is 8.22. The molecule has 0 aromatic rings. The van der Waals surface area contributed by atoms with E-state index in [9.17, 15) is 29.1 Å². The van der Waals surface area contributed by atoms with Gasteiger partial charge in [0.1, 0.15) is 12.1 Å². The summed E-state index contributed by atoms with van der Waals surface area (Å²) in [5, 5.41) is 17.7. The zero-order valence-corrected chi connectivity index (χ0v) is 23.7. The Morgan fingerprint density at radius 2 is 1.66 bits per heavy atom. The molecule has 11 nitrogen and oxygen atoms in total. The first-order chi connectivity index (χ1) is 17.4. The Balaban J connectivity index is 1.83. The highest BCUT2D eigenvalue weighted by atomic mass is 16.3. The number of likely N-dealkylation sites (tertiary alicyclic amines) is 1. The Bertz CT molecular complexity index is 983. The van der Waals surface area contributed by atoms with Gasteiger partial charge in [-0.05, 0) is 48.9 Å². The van der Waals surface area contributed by atoms with Gasteiger partial charge in [0.15, 0.2) is 0 Å². The molecule has 2 aliphatic carbocycles. The van der Waals surface area contributed by atoms with Crippen LogP contribution in [0, 0.1) is 28.6 Å². The zero-order valence-electron chi connectivity index (χ0n) is 23.7. The number of urea groups is 1. The maximum atomic E-state index is 13.9. The molecule has 5 amide bonds. The highest BCUT2D eigenvalue weighted by molar-refractivity contribution is 6.37. The van der Waals surface area contributed by atoms with Crippen LogP contribution < -0.4 is 21.7 Å². The first-order valence-corrected chi connectivity index (χ1v) is 13.5. The van der Waals surface area contributed by atoms with Gasteiger partial charge in [-0.25, -0.2) is 4.79 Å². The third-order valence-electron chi connectivity index (χ3n) is 8.67. The Morgan fingerprint density at radius 3 is 2.13 bits per heavy atom. The van der Waals surface area contributed by atoms with E-state index in [0.717, 1.165) is 19.3 Å². The van der Waals surface area contributed by atoms with Gasteiger partial charge in [-0.3, -0.25) is 19.2 Å². The molecule has 0 aromatic carbocycles. The smallest absolute Gasteiger partial charge is 0.315 e. The summed E-state index contributed by atoms with van der Waals surface area (Å²) in [6.07, 6.45) is 3.25. The van der Waals surface area contributed by atoms with E-state index in [4.69, 9.17) is 5.73 Å². The number of hydrogen-bond donors (Lipinski definition) is 5. The van der Waals surface area contributed by atoms with Gasteiger partial charge in [-0.1, -0.05) is 53.9 Å². The van der Waals surface area contributed by atoms with Crippen molar-refractivity contribution in [2.45, 2.75) is 97.8 Å². The first-order valence-electron chi connectivity index (χ1n) is 13.5. The molecule has 2 saturated carbocycles. The van der Waals surface area contributed by atoms with Crippen molar-refractivity contribution in [2.75, 3.05) is 13.2 Å². The van der Waals surface area contributed by atoms with E-state index in [0.29, 0.717) is 13.0 Å². The molecule has 3 fully saturated rings. The fourth-order valence-corrected chi connectivity index (χ4v) is 5.86. The van der Waals surface area contributed by atoms with Crippen molar-refractivity contribution in [1.82, 2.24) is 20.9 Å². The van der Waals surface area contributed by atoms with E-state index >= 15 is 0 Å². The molecule has 1 heterocycles. The van der Waals surface area contributed by atoms with Gasteiger partial charge in [-0.15, -0.1) is 0 Å². The zero-order chi connectivity index (χ0) is 28.8. The van der Waals surface area contributed by atoms with Crippen LogP contribution in [0.25, 0.3) is 0 Å². The fraction of sp³-hybridized carbons (Fsp3) is 0.815. The molecule has 1 saturated heterocycles. The molecule has 3 aliphatic rings. The van der Waals surface area contributed by atoms with E-state index < -0.39 is 58.6 Å². The standard InChI is InChI=1S/C27H45N5O6/c1-25(2,3)20(30-24(38)31-26(4,5)13-33)23(37)32-12-15-17(27(15,6)7)18(32)22(36)29-16(19(34)21(28)35)11-14-9-8-10-14/h14-18,20,33H,8-13H2,1-7H3,(H2,28,35)(H,29,36)(H2,30,31,38)/t15?,16?,17?,18-,20+/m0/s1. The molecule has 38 heavy (non-hydrogen) atoms. The number of amides is 5. The second-order valence-electron chi connectivity index (χ2n) is 13.7. The van der Waals surface area contributed by atoms with Crippen LogP contribution in [0.2, 0.25) is 0 Å². The molecule has 1 aliphatic heterocycles. The molecular formula is C27H45N5O6. The van der Waals surface area contributed by atoms with Crippen molar-refractivity contribution < 1.29 is 29.1 Å². The lowest BCUT2D eigenvalue weighted by Crippen LogP contribution is -2.62. The molecule has 3 unspecified atom stereocenters. The van der Waals surface area contributed by atoms with Crippen molar-refractivity contribution in [3.63, 3.8) is 0 Å². The summed E-state index contributed by atoms with van der Waals surface area (Å²) in [4.78, 5) is 66.1. The minimum Gasteiger partial charge on any atom is -0.394 e. The molecule has 0 spiro atoms. The summed E-state index contributed by atoms with van der Waals surface area (Å²) in [7, 11) is 0. The summed E-state index contributed by atoms with van der Waals surface area (Å²) >= 11 is 0. The van der Waals surface area contributed by atoms with Gasteiger partial charge in [0.25, 0.3) is 5.91 Å². The second-order valence-corrected chi connectivity index (χ2v) is 13.7. The second kappa shape index (κ2) is 10.5. The number of Topliss-reactive ketones (excluding diaryl/α,β-unsaturated/α-hetero) is 1. The number of carbonyl (C=O) groups excluding carboxylic acids is 5. The van der Waals surface area contributed by atoms with Gasteiger partial charge in [-0.2, -0.15) is 0 Å². The van der Waals surface area contributed by atoms with Crippen molar-refractivity contribution in [2.24, 2.45) is 34.3 Å². The Labute approximate surface area is 225 Å². The number of hydrogen-bond acceptors (Lipinski definition) is 6. The summed E-state index contributed by atoms with van der Waals surface area (Å²) in [5.41, 5.74) is 3.54. The normalized spacial score (nSPS) is 25.9. The molecule has 6 N–H and O–H groups in total. The van der Waals surface area contributed by atoms with Crippen LogP contribution in [0.5, 0.6) is 0 Å². The van der Waals surface area contributed by atoms with E-state index in [2.05, 4.69) is 29.8 Å². The lowest BCUT2D eigenvalue weighted by atomic mass is 9.80. The lowest BCUT2D eigenvalue weighted by molar-refractivity contribution is -0.145. The minimum atomic E-state index is -1.09. The number of aliphatic hydroxyl groups excluding tert-OH is 1. The van der Waals surface area contributed by atoms with Crippen molar-refractivity contribution in [1.29, 1.82) is 0 Å². The maximum absolute atomic E-state index is 13.9. The average molecular weight is 536 g/mol. The predicted octanol–water partition coefficient (Wildman–Crippen LogP) is 0.684. The number of ketones is 1. The maximum Gasteiger partial charge on any atom is 0.315 e. The van der Waals surface area contributed by atoms with Gasteiger partial charge in [0.05, 0.1) is 18.2 Å². The fourth-order valence-electron chi connectivity index (χ4n) is 5.86. The van der Waals surface area contributed by atoms with Gasteiger partial charge < -0.3 is 31.7 Å². The van der Waals surface area contributed by atoms with E-state index in [1.807, 2.05) is 20.8 Å². The SMILES string of the molecule is CC(C)(CO)NC(=O)N[C@H](C(=O)N1CC2C([C@H]1C(=O)NC(CC1CCC1)C(=O)C(N)=O)C2(C)C)C(C)(C)C. The number of piperidine rings is 1. The largest absolute Gasteiger partial charge is 0.394 e. The van der Waals surface area contributed by atoms with Gasteiger partial charge >= 0.3 is 6.03 Å². The summed E-state index contributed by atoms with van der Waals surface area (Å²) in [6, 6.07) is -3.41. The third kappa shape index (κ3) is 6.13. The van der Waals surface area contributed by atoms with Crippen LogP contribution in [0.3, 0.4) is 0 Å². The first kappa shape index (κ1) is 29.9. The summed E-state index contributed by atoms with van der Waals surface area (Å²) in [6.45, 7) is 12.9. The van der Waals surface area contributed by atoms with Gasteiger partial charge in [0, 0.05) is 6.54 Å². The number of nitrogens with zero attached hydrogens (tertiary/aromatic N) is 1. The summed E-state index contributed by atoms with van der Waals surface area (Å²) < 4.78 is 0. The van der Waals surface area contributed by atoms with E-state index in [-0.39, 0.29) is 29.8 Å². The van der Waals surface area contributed by atoms with Crippen LogP contribution in [-0.2, 0) is 19.2 Å². The number of carbonyl (C=O) groups is 5. The monoisotopic (exact) mass is 535 g/mol. The minimum absolute atomic E-state index is 0.0990. The molecule has 214 valence electrons. The number of aliphatic hydroxyl groups is 1. The molecule has 0 aromatic heterocycles. The molecule has 0 radical (unpaired) electrons. The Hall–Kier alpha value is -2.69. The van der Waals surface area contributed by atoms with Crippen molar-refractivity contribution in [3.8, 4) is 0 Å². The van der Waals surface area contributed by atoms with Crippen LogP contribution >= 0.6 is 0 Å². The van der Waals surface area contributed by atoms with Gasteiger partial charge in [0.2, 0.25) is 17.6 Å². The van der Waals surface area contributed by atoms with Crippen molar-refractivity contribution in [3.05, 3.63) is 0 Å². The molecule has 11 heteroatoms. The number of fused-ring (bicyclic) bond motifs is 1. The third-order valence-corrected chi connectivity index (χ3v) is 8.67. The van der Waals surface area contributed by atoms with Crippen molar-refractivity contribution >= 4 is 29.5 Å². The summed E-state index contributed by atoms with van der Waals surface area (Å²) in [5.74, 6) is -2.56. The number of primary amides is 1. The number of nitrogens with two attached hydrogens (primary N) is 1. The van der Waals surface area contributed by atoms with Crippen LogP contribution in [0.1, 0.15) is 74.1 Å². The van der Waals surface area contributed by atoms with E-state index in [1.165, 1.54) is 4.90 Å². The topological polar surface area (TPSA) is 171 Å². The predicted molar refractivity (Wildman–Crippen MR) is 140 cm³/mol. The highest BCUT2D eigenvalue weighted by Gasteiger charge is 2.70. The Morgan fingerprint density at radius 1 is 1.05 bits per heavy atom. The number of rotatable bonds is 10. The van der Waals surface area contributed by atoms with Crippen LogP contribution in [-0.4, -0.2) is 76.4 Å². The quantitative estimate of drug-likeness (QED) is 0.258. The lowest BCUT2D eigenvalue weighted by Gasteiger charge is -2.38. The average Bonchev–Trinajstić information content (AvgIpc) is 3.10. The molecule has 5 atom stereocenters. The molecule has 3 rings (SSSR count). The molecular weight excluding hydrogens is 490 g/mol. The van der Waals surface area contributed by atoms with Crippen LogP contribution in [0.4, 0.5) is 4.79 Å². The highest BCUT2D eigenvalue weighted by Crippen LogP contribution is 2.65. The molecule has 0 bridgehead atoms. The van der Waals surface area contributed by atoms with Crippen LogP contribution in [0.15, 0.2) is 0 Å². The number of nitrogens with one attached hydrogen (secondary N) is 3.